The van der Waals surface area contributed by atoms with Crippen LogP contribution in [0.15, 0.2) is 45.6 Å². The quantitative estimate of drug-likeness (QED) is 0.206. The van der Waals surface area contributed by atoms with E-state index in [1.807, 2.05) is 0 Å². The number of anilines is 1. The molecule has 1 aromatic heterocycles. The van der Waals surface area contributed by atoms with Gasteiger partial charge in [0.15, 0.2) is 5.43 Å². The zero-order chi connectivity index (χ0) is 16.6. The summed E-state index contributed by atoms with van der Waals surface area (Å²) in [5, 5.41) is 0.202. The maximum Gasteiger partial charge on any atom is 1.00 e. The number of benzene rings is 2. The van der Waals surface area contributed by atoms with E-state index in [9.17, 15) is 13.2 Å². The average Bonchev–Trinajstić information content (AvgIpc) is 2.46. The van der Waals surface area contributed by atoms with E-state index < -0.39 is 21.8 Å². The third-order valence-electron chi connectivity index (χ3n) is 3.00. The van der Waals surface area contributed by atoms with Crippen LogP contribution in [0.2, 0.25) is 0 Å². The zero-order valence-corrected chi connectivity index (χ0v) is 18.3. The summed E-state index contributed by atoms with van der Waals surface area (Å²) >= 11 is 0. The molecule has 3 N–H and O–H groups in total. The summed E-state index contributed by atoms with van der Waals surface area (Å²) < 4.78 is 40.7. The van der Waals surface area contributed by atoms with Gasteiger partial charge >= 0.3 is 75.5 Å². The second-order valence-electron chi connectivity index (χ2n) is 4.56. The largest absolute Gasteiger partial charge is 1.00 e. The second kappa shape index (κ2) is 8.70. The molecule has 0 fully saturated rings. The summed E-state index contributed by atoms with van der Waals surface area (Å²) in [4.78, 5) is 12.7. The van der Waals surface area contributed by atoms with Gasteiger partial charge in [-0.25, -0.2) is 0 Å². The molecule has 25 heavy (non-hydrogen) atoms. The molecular formula is C15H9NNa2O6S. The van der Waals surface area contributed by atoms with Gasteiger partial charge in [0.25, 0.3) is 0 Å². The normalized spacial score (nSPS) is 10.6. The molecule has 0 bridgehead atoms. The summed E-state index contributed by atoms with van der Waals surface area (Å²) in [7, 11) is -4.89. The van der Waals surface area contributed by atoms with E-state index in [0.717, 1.165) is 0 Å². The van der Waals surface area contributed by atoms with E-state index in [1.54, 1.807) is 0 Å². The van der Waals surface area contributed by atoms with Crippen LogP contribution in [0.25, 0.3) is 22.1 Å². The Morgan fingerprint density at radius 2 is 1.92 bits per heavy atom. The molecule has 3 aromatic rings. The van der Waals surface area contributed by atoms with Gasteiger partial charge in [-0.3, -0.25) is 9.35 Å². The molecule has 0 atom stereocenters. The Hall–Kier alpha value is -0.840. The molecule has 0 unspecified atom stereocenters. The fourth-order valence-corrected chi connectivity index (χ4v) is 2.42. The maximum atomic E-state index is 12.7. The van der Waals surface area contributed by atoms with Crippen molar-refractivity contribution in [3.8, 4) is 17.1 Å². The third kappa shape index (κ3) is 5.08. The molecule has 0 saturated carbocycles. The van der Waals surface area contributed by atoms with Gasteiger partial charge in [-0.05, 0) is 5.39 Å². The summed E-state index contributed by atoms with van der Waals surface area (Å²) in [6.07, 6.45) is 0. The molecule has 1 heterocycles. The van der Waals surface area contributed by atoms with E-state index >= 15 is 0 Å². The number of rotatable bonds is 3. The SMILES string of the molecule is Nc1[c-]ccc(-c2c(OS(=O)(=O)O)oc3c[c-]ccc3c2=O)c1.[Na+].[Na+]. The summed E-state index contributed by atoms with van der Waals surface area (Å²) in [6.45, 7) is 0. The van der Waals surface area contributed by atoms with Gasteiger partial charge in [0.05, 0.1) is 5.56 Å². The van der Waals surface area contributed by atoms with Gasteiger partial charge in [-0.15, -0.1) is 17.7 Å². The number of nitrogen functional groups attached to an aromatic ring is 1. The third-order valence-corrected chi connectivity index (χ3v) is 3.36. The van der Waals surface area contributed by atoms with Crippen molar-refractivity contribution in [1.29, 1.82) is 0 Å². The van der Waals surface area contributed by atoms with Crippen LogP contribution in [-0.4, -0.2) is 13.0 Å². The molecule has 0 saturated heterocycles. The van der Waals surface area contributed by atoms with E-state index in [0.29, 0.717) is 0 Å². The Kier molecular flexibility index (Phi) is 7.72. The summed E-state index contributed by atoms with van der Waals surface area (Å²) in [5.74, 6) is -0.657. The maximum absolute atomic E-state index is 12.7. The zero-order valence-electron chi connectivity index (χ0n) is 13.4. The van der Waals surface area contributed by atoms with Crippen LogP contribution in [0.4, 0.5) is 5.69 Å². The van der Waals surface area contributed by atoms with Crippen LogP contribution in [0.3, 0.4) is 0 Å². The van der Waals surface area contributed by atoms with Gasteiger partial charge in [-0.2, -0.15) is 44.8 Å². The van der Waals surface area contributed by atoms with E-state index in [2.05, 4.69) is 16.3 Å². The molecule has 0 amide bonds. The first-order valence-corrected chi connectivity index (χ1v) is 7.63. The van der Waals surface area contributed by atoms with Crippen molar-refractivity contribution in [1.82, 2.24) is 0 Å². The van der Waals surface area contributed by atoms with E-state index in [1.165, 1.54) is 36.4 Å². The summed E-state index contributed by atoms with van der Waals surface area (Å²) in [6, 6.07) is 14.1. The van der Waals surface area contributed by atoms with Gasteiger partial charge in [-0.1, -0.05) is 5.69 Å². The molecule has 118 valence electrons. The Bertz CT molecular complexity index is 1070. The van der Waals surface area contributed by atoms with Crippen molar-refractivity contribution in [2.24, 2.45) is 0 Å². The van der Waals surface area contributed by atoms with Crippen molar-refractivity contribution in [3.05, 3.63) is 58.8 Å². The molecule has 0 aliphatic carbocycles. The molecule has 0 aliphatic rings. The van der Waals surface area contributed by atoms with Crippen molar-refractivity contribution < 1.29 is 80.7 Å². The van der Waals surface area contributed by atoms with Crippen LogP contribution >= 0.6 is 0 Å². The fraction of sp³-hybridized carbons (Fsp3) is 0. The van der Waals surface area contributed by atoms with E-state index in [4.69, 9.17) is 14.7 Å². The molecule has 10 heteroatoms. The Balaban J connectivity index is 0.00000156. The number of nitrogens with two attached hydrogens (primary N) is 1. The molecule has 2 aromatic carbocycles. The Morgan fingerprint density at radius 3 is 2.56 bits per heavy atom. The minimum absolute atomic E-state index is 0. The van der Waals surface area contributed by atoms with Crippen molar-refractivity contribution in [2.45, 2.75) is 0 Å². The van der Waals surface area contributed by atoms with Gasteiger partial charge in [0, 0.05) is 5.58 Å². The van der Waals surface area contributed by atoms with Gasteiger partial charge < -0.3 is 14.3 Å². The van der Waals surface area contributed by atoms with Crippen LogP contribution in [-0.2, 0) is 10.4 Å². The van der Waals surface area contributed by atoms with Crippen LogP contribution in [0, 0.1) is 12.1 Å². The minimum atomic E-state index is -4.89. The first kappa shape index (κ1) is 22.2. The van der Waals surface area contributed by atoms with Crippen molar-refractivity contribution in [2.75, 3.05) is 5.73 Å². The molecule has 0 radical (unpaired) electrons. The van der Waals surface area contributed by atoms with Crippen LogP contribution in [0.1, 0.15) is 0 Å². The number of hydrogen-bond acceptors (Lipinski definition) is 6. The number of fused-ring (bicyclic) bond motifs is 1. The van der Waals surface area contributed by atoms with Crippen molar-refractivity contribution >= 4 is 27.1 Å². The molecule has 3 rings (SSSR count). The fourth-order valence-electron chi connectivity index (χ4n) is 2.11. The average molecular weight is 377 g/mol. The minimum Gasteiger partial charge on any atom is -0.488 e. The first-order chi connectivity index (χ1) is 10.8. The summed E-state index contributed by atoms with van der Waals surface area (Å²) in [5.41, 5.74) is 5.49. The Morgan fingerprint density at radius 1 is 1.20 bits per heavy atom. The number of hydrogen-bond donors (Lipinski definition) is 2. The van der Waals surface area contributed by atoms with Crippen molar-refractivity contribution in [3.63, 3.8) is 0 Å². The molecule has 0 aliphatic heterocycles. The smallest absolute Gasteiger partial charge is 0.488 e. The van der Waals surface area contributed by atoms with Crippen LogP contribution in [0.5, 0.6) is 5.95 Å². The van der Waals surface area contributed by atoms with Crippen LogP contribution < -0.4 is 74.5 Å². The monoisotopic (exact) mass is 377 g/mol. The molecule has 7 nitrogen and oxygen atoms in total. The molecular weight excluding hydrogens is 368 g/mol. The predicted molar refractivity (Wildman–Crippen MR) is 82.2 cm³/mol. The van der Waals surface area contributed by atoms with Gasteiger partial charge in [0.2, 0.25) is 0 Å². The Labute approximate surface area is 187 Å². The first-order valence-electron chi connectivity index (χ1n) is 6.26. The molecule has 0 spiro atoms. The predicted octanol–water partition coefficient (Wildman–Crippen LogP) is -4.17. The second-order valence-corrected chi connectivity index (χ2v) is 5.58. The standard InChI is InChI=1S/C15H9NO6S.2Na/c16-10-5-3-4-9(8-10)13-14(17)11-6-1-2-7-12(11)21-15(13)22-23(18,19)20;;/h1,3-4,6-8H,16H2,(H,18,19,20);;/q-2;2*+1. The topological polar surface area (TPSA) is 120 Å². The van der Waals surface area contributed by atoms with Gasteiger partial charge in [0.1, 0.15) is 0 Å². The van der Waals surface area contributed by atoms with E-state index in [-0.39, 0.29) is 86.9 Å².